The van der Waals surface area contributed by atoms with Gasteiger partial charge in [0.25, 0.3) is 0 Å². The molecule has 0 amide bonds. The molecule has 0 spiro atoms. The molecule has 0 aromatic heterocycles. The zero-order chi connectivity index (χ0) is 10.8. The molecule has 0 aliphatic rings. The van der Waals surface area contributed by atoms with Crippen LogP contribution >= 0.6 is 23.4 Å². The van der Waals surface area contributed by atoms with Crippen LogP contribution in [-0.4, -0.2) is 5.51 Å². The number of anilines is 1. The molecule has 0 radical (unpaired) electrons. The summed E-state index contributed by atoms with van der Waals surface area (Å²) in [6.07, 6.45) is 0. The SMILES string of the molecule is NNc1cc(Cl)cc(SC(F)(F)F)c1. The normalized spacial score (nSPS) is 11.5. The van der Waals surface area contributed by atoms with E-state index in [1.54, 1.807) is 0 Å². The molecule has 0 bridgehead atoms. The number of halogens is 4. The predicted molar refractivity (Wildman–Crippen MR) is 51.2 cm³/mol. The van der Waals surface area contributed by atoms with Crippen molar-refractivity contribution in [1.29, 1.82) is 0 Å². The Hall–Kier alpha value is -0.590. The lowest BCUT2D eigenvalue weighted by Gasteiger charge is -2.07. The standard InChI is InChI=1S/C7H6ClF3N2S/c8-4-1-5(13-12)3-6(2-4)14-7(9,10)11/h1-3,13H,12H2. The molecule has 0 unspecified atom stereocenters. The van der Waals surface area contributed by atoms with E-state index in [1.165, 1.54) is 18.2 Å². The van der Waals surface area contributed by atoms with E-state index in [0.29, 0.717) is 5.69 Å². The Bertz CT molecular complexity index is 329. The molecule has 2 nitrogen and oxygen atoms in total. The molecule has 0 heterocycles. The van der Waals surface area contributed by atoms with Crippen LogP contribution in [0.15, 0.2) is 23.1 Å². The molecule has 1 aromatic carbocycles. The van der Waals surface area contributed by atoms with E-state index in [4.69, 9.17) is 17.4 Å². The topological polar surface area (TPSA) is 38.0 Å². The van der Waals surface area contributed by atoms with Gasteiger partial charge in [0, 0.05) is 9.92 Å². The second-order valence-corrected chi connectivity index (χ2v) is 3.94. The lowest BCUT2D eigenvalue weighted by atomic mass is 10.3. The van der Waals surface area contributed by atoms with Crippen LogP contribution in [0, 0.1) is 0 Å². The second-order valence-electron chi connectivity index (χ2n) is 2.37. The van der Waals surface area contributed by atoms with Gasteiger partial charge in [0.05, 0.1) is 5.69 Å². The van der Waals surface area contributed by atoms with E-state index in [1.807, 2.05) is 0 Å². The monoisotopic (exact) mass is 242 g/mol. The molecule has 0 saturated carbocycles. The van der Waals surface area contributed by atoms with Gasteiger partial charge in [0.15, 0.2) is 0 Å². The Labute approximate surface area is 87.6 Å². The molecule has 0 fully saturated rings. The number of hydrazine groups is 1. The number of thioether (sulfide) groups is 1. The van der Waals surface area contributed by atoms with Crippen molar-refractivity contribution in [3.63, 3.8) is 0 Å². The summed E-state index contributed by atoms with van der Waals surface area (Å²) < 4.78 is 35.9. The zero-order valence-corrected chi connectivity index (χ0v) is 8.30. The average Bonchev–Trinajstić information content (AvgIpc) is 1.99. The number of rotatable bonds is 2. The molecule has 0 aliphatic carbocycles. The Kier molecular flexibility index (Phi) is 3.52. The number of benzene rings is 1. The van der Waals surface area contributed by atoms with Crippen molar-refractivity contribution in [2.45, 2.75) is 10.4 Å². The first-order valence-electron chi connectivity index (χ1n) is 3.43. The van der Waals surface area contributed by atoms with E-state index in [-0.39, 0.29) is 21.7 Å². The van der Waals surface area contributed by atoms with Gasteiger partial charge in [-0.2, -0.15) is 13.2 Å². The van der Waals surface area contributed by atoms with E-state index in [9.17, 15) is 13.2 Å². The van der Waals surface area contributed by atoms with Crippen LogP contribution in [0.1, 0.15) is 0 Å². The summed E-state index contributed by atoms with van der Waals surface area (Å²) in [5.74, 6) is 5.05. The fourth-order valence-corrected chi connectivity index (χ4v) is 1.78. The molecule has 3 N–H and O–H groups in total. The van der Waals surface area contributed by atoms with Gasteiger partial charge in [-0.15, -0.1) is 0 Å². The van der Waals surface area contributed by atoms with Crippen molar-refractivity contribution in [3.05, 3.63) is 23.2 Å². The van der Waals surface area contributed by atoms with Crippen LogP contribution in [0.5, 0.6) is 0 Å². The summed E-state index contributed by atoms with van der Waals surface area (Å²) in [6.45, 7) is 0. The highest BCUT2D eigenvalue weighted by atomic mass is 35.5. The minimum Gasteiger partial charge on any atom is -0.324 e. The van der Waals surface area contributed by atoms with Crippen LogP contribution in [-0.2, 0) is 0 Å². The third-order valence-electron chi connectivity index (χ3n) is 1.27. The molecule has 1 aromatic rings. The summed E-state index contributed by atoms with van der Waals surface area (Å²) >= 11 is 5.35. The number of alkyl halides is 3. The molecule has 0 atom stereocenters. The maximum absolute atomic E-state index is 12.0. The Morgan fingerprint density at radius 1 is 1.29 bits per heavy atom. The average molecular weight is 243 g/mol. The van der Waals surface area contributed by atoms with Crippen molar-refractivity contribution in [2.75, 3.05) is 5.43 Å². The molecule has 7 heteroatoms. The number of nitrogens with two attached hydrogens (primary N) is 1. The lowest BCUT2D eigenvalue weighted by Crippen LogP contribution is -2.07. The Balaban J connectivity index is 2.92. The molecular weight excluding hydrogens is 237 g/mol. The third-order valence-corrected chi connectivity index (χ3v) is 2.19. The maximum atomic E-state index is 12.0. The number of hydrogen-bond donors (Lipinski definition) is 2. The molecular formula is C7H6ClF3N2S. The molecule has 1 rings (SSSR count). The summed E-state index contributed by atoms with van der Waals surface area (Å²) in [5.41, 5.74) is -1.76. The van der Waals surface area contributed by atoms with Gasteiger partial charge in [-0.3, -0.25) is 5.84 Å². The highest BCUT2D eigenvalue weighted by molar-refractivity contribution is 8.00. The van der Waals surface area contributed by atoms with Crippen molar-refractivity contribution in [3.8, 4) is 0 Å². The van der Waals surface area contributed by atoms with Gasteiger partial charge in [0.2, 0.25) is 0 Å². The van der Waals surface area contributed by atoms with Crippen molar-refractivity contribution in [1.82, 2.24) is 0 Å². The number of nitrogen functional groups attached to an aromatic ring is 1. The molecule has 0 saturated heterocycles. The quantitative estimate of drug-likeness (QED) is 0.475. The van der Waals surface area contributed by atoms with Gasteiger partial charge in [-0.05, 0) is 30.0 Å². The Morgan fingerprint density at radius 3 is 2.43 bits per heavy atom. The highest BCUT2D eigenvalue weighted by Gasteiger charge is 2.29. The van der Waals surface area contributed by atoms with Crippen LogP contribution in [0.2, 0.25) is 5.02 Å². The minimum atomic E-state index is -4.32. The fraction of sp³-hybridized carbons (Fsp3) is 0.143. The van der Waals surface area contributed by atoms with Crippen LogP contribution < -0.4 is 11.3 Å². The van der Waals surface area contributed by atoms with Crippen LogP contribution in [0.25, 0.3) is 0 Å². The van der Waals surface area contributed by atoms with E-state index in [0.717, 1.165) is 0 Å². The van der Waals surface area contributed by atoms with Crippen LogP contribution in [0.3, 0.4) is 0 Å². The third kappa shape index (κ3) is 3.65. The predicted octanol–water partition coefficient (Wildman–Crippen LogP) is 3.24. The van der Waals surface area contributed by atoms with Gasteiger partial charge in [-0.25, -0.2) is 0 Å². The van der Waals surface area contributed by atoms with Crippen LogP contribution in [0.4, 0.5) is 18.9 Å². The summed E-state index contributed by atoms with van der Waals surface area (Å²) in [6, 6.07) is 3.92. The Morgan fingerprint density at radius 2 is 1.93 bits per heavy atom. The number of nitrogens with one attached hydrogen (secondary N) is 1. The van der Waals surface area contributed by atoms with Gasteiger partial charge >= 0.3 is 5.51 Å². The first kappa shape index (κ1) is 11.5. The largest absolute Gasteiger partial charge is 0.446 e. The van der Waals surface area contributed by atoms with E-state index < -0.39 is 5.51 Å². The summed E-state index contributed by atoms with van der Waals surface area (Å²) in [5, 5.41) is 0.201. The molecule has 14 heavy (non-hydrogen) atoms. The lowest BCUT2D eigenvalue weighted by molar-refractivity contribution is -0.0328. The highest BCUT2D eigenvalue weighted by Crippen LogP contribution is 2.38. The summed E-state index contributed by atoms with van der Waals surface area (Å²) in [4.78, 5) is -0.00190. The summed E-state index contributed by atoms with van der Waals surface area (Å²) in [7, 11) is 0. The fourth-order valence-electron chi connectivity index (χ4n) is 0.839. The van der Waals surface area contributed by atoms with Crippen molar-refractivity contribution < 1.29 is 13.2 Å². The van der Waals surface area contributed by atoms with Crippen molar-refractivity contribution >= 4 is 29.1 Å². The first-order chi connectivity index (χ1) is 6.40. The minimum absolute atomic E-state index is 0.00190. The first-order valence-corrected chi connectivity index (χ1v) is 4.63. The smallest absolute Gasteiger partial charge is 0.324 e. The second kappa shape index (κ2) is 4.29. The maximum Gasteiger partial charge on any atom is 0.446 e. The van der Waals surface area contributed by atoms with Gasteiger partial charge in [-0.1, -0.05) is 11.6 Å². The molecule has 0 aliphatic heterocycles. The van der Waals surface area contributed by atoms with Gasteiger partial charge < -0.3 is 5.43 Å². The van der Waals surface area contributed by atoms with E-state index >= 15 is 0 Å². The number of hydrogen-bond acceptors (Lipinski definition) is 3. The van der Waals surface area contributed by atoms with Gasteiger partial charge in [0.1, 0.15) is 0 Å². The van der Waals surface area contributed by atoms with E-state index in [2.05, 4.69) is 5.43 Å². The zero-order valence-electron chi connectivity index (χ0n) is 6.73. The van der Waals surface area contributed by atoms with Crippen molar-refractivity contribution in [2.24, 2.45) is 5.84 Å². The molecule has 78 valence electrons.